The fourth-order valence-corrected chi connectivity index (χ4v) is 25.1. The maximum absolute atomic E-state index is 11.8. The van der Waals surface area contributed by atoms with Crippen LogP contribution in [0.2, 0.25) is 0 Å². The Hall–Kier alpha value is 1.36. The Labute approximate surface area is 102 Å². The van der Waals surface area contributed by atoms with E-state index in [0.717, 1.165) is 0 Å². The SMILES string of the molecule is FC(F)(F)[Se]P([Se]C(F)(F)F)[Se]C(F)(F)F. The van der Waals surface area contributed by atoms with E-state index in [2.05, 4.69) is 0 Å². The summed E-state index contributed by atoms with van der Waals surface area (Å²) in [5.74, 6) is 0. The quantitative estimate of drug-likeness (QED) is 0.335. The van der Waals surface area contributed by atoms with E-state index in [4.69, 9.17) is 0 Å². The molecule has 0 heterocycles. The molecule has 16 heavy (non-hydrogen) atoms. The van der Waals surface area contributed by atoms with Gasteiger partial charge in [-0.15, -0.1) is 0 Å². The molecule has 0 nitrogen and oxygen atoms in total. The van der Waals surface area contributed by atoms with E-state index in [9.17, 15) is 39.5 Å². The van der Waals surface area contributed by atoms with Gasteiger partial charge in [-0.3, -0.25) is 0 Å². The molecule has 0 aliphatic carbocycles. The van der Waals surface area contributed by atoms with Gasteiger partial charge < -0.3 is 0 Å². The van der Waals surface area contributed by atoms with Gasteiger partial charge in [0.25, 0.3) is 0 Å². The molecule has 0 saturated carbocycles. The van der Waals surface area contributed by atoms with E-state index >= 15 is 0 Å². The van der Waals surface area contributed by atoms with Gasteiger partial charge in [0, 0.05) is 0 Å². The minimum atomic E-state index is -4.92. The monoisotopic (exact) mass is 478 g/mol. The van der Waals surface area contributed by atoms with Crippen LogP contribution in [-0.2, 0) is 0 Å². The normalized spacial score (nSPS) is 14.6. The minimum absolute atomic E-state index is 2.58. The number of rotatable bonds is 3. The number of halogens is 9. The number of hydrogen-bond acceptors (Lipinski definition) is 0. The van der Waals surface area contributed by atoms with Crippen LogP contribution in [0.3, 0.4) is 0 Å². The Morgan fingerprint density at radius 3 is 0.812 bits per heavy atom. The van der Waals surface area contributed by atoms with Crippen molar-refractivity contribution in [2.45, 2.75) is 15.2 Å². The number of alkyl halides is 9. The second-order valence-corrected chi connectivity index (χ2v) is 26.6. The summed E-state index contributed by atoms with van der Waals surface area (Å²) in [6, 6.07) is 0. The van der Waals surface area contributed by atoms with Crippen LogP contribution >= 0.6 is 3.99 Å². The van der Waals surface area contributed by atoms with Crippen molar-refractivity contribution in [1.29, 1.82) is 0 Å². The Kier molecular flexibility index (Phi) is 6.51. The van der Waals surface area contributed by atoms with Crippen LogP contribution in [0.1, 0.15) is 0 Å². The van der Waals surface area contributed by atoms with Crippen LogP contribution in [0.4, 0.5) is 39.5 Å². The summed E-state index contributed by atoms with van der Waals surface area (Å²) < 4.78 is 103. The number of hydrogen-bond donors (Lipinski definition) is 0. The standard InChI is InChI=1S/C3F9PSe3/c4-1(5,6)14-13(15-2(7,8)9)16-3(10,11)12. The molecular formula is C3F9PSe3. The van der Waals surface area contributed by atoms with Gasteiger partial charge >= 0.3 is 102 Å². The average Bonchev–Trinajstić information content (AvgIpc) is 1.70. The molecule has 0 aromatic heterocycles. The molecule has 0 radical (unpaired) electrons. The molecule has 0 fully saturated rings. The van der Waals surface area contributed by atoms with Crippen molar-refractivity contribution < 1.29 is 39.5 Å². The van der Waals surface area contributed by atoms with Gasteiger partial charge in [0.15, 0.2) is 0 Å². The van der Waals surface area contributed by atoms with Crippen molar-refractivity contribution >= 4 is 47.5 Å². The molecule has 0 bridgehead atoms. The van der Waals surface area contributed by atoms with E-state index < -0.39 is 62.8 Å². The van der Waals surface area contributed by atoms with Crippen LogP contribution in [0.5, 0.6) is 0 Å². The Bertz CT molecular complexity index is 179. The van der Waals surface area contributed by atoms with Crippen molar-refractivity contribution in [1.82, 2.24) is 0 Å². The molecule has 0 N–H and O–H groups in total. The van der Waals surface area contributed by atoms with Gasteiger partial charge in [0.1, 0.15) is 0 Å². The second-order valence-electron chi connectivity index (χ2n) is 1.83. The van der Waals surface area contributed by atoms with E-state index in [-0.39, 0.29) is 0 Å². The Morgan fingerprint density at radius 2 is 0.688 bits per heavy atom. The van der Waals surface area contributed by atoms with Crippen molar-refractivity contribution in [3.8, 4) is 0 Å². The Balaban J connectivity index is 4.53. The zero-order chi connectivity index (χ0) is 13.2. The third kappa shape index (κ3) is 11.8. The van der Waals surface area contributed by atoms with Gasteiger partial charge in [-0.05, 0) is 0 Å². The van der Waals surface area contributed by atoms with Crippen LogP contribution in [-0.4, -0.2) is 58.8 Å². The van der Waals surface area contributed by atoms with Crippen LogP contribution < -0.4 is 0 Å². The van der Waals surface area contributed by atoms with Gasteiger partial charge in [-0.2, -0.15) is 0 Å². The predicted molar refractivity (Wildman–Crippen MR) is 42.3 cm³/mol. The summed E-state index contributed by atoms with van der Waals surface area (Å²) in [6.45, 7) is 0. The van der Waals surface area contributed by atoms with Crippen molar-refractivity contribution in [3.63, 3.8) is 0 Å². The first-order valence-electron chi connectivity index (χ1n) is 2.86. The third-order valence-corrected chi connectivity index (χ3v) is 23.0. The van der Waals surface area contributed by atoms with Crippen LogP contribution in [0.25, 0.3) is 0 Å². The van der Waals surface area contributed by atoms with Crippen molar-refractivity contribution in [2.75, 3.05) is 0 Å². The van der Waals surface area contributed by atoms with Crippen LogP contribution in [0, 0.1) is 0 Å². The third-order valence-electron chi connectivity index (χ3n) is 0.534. The van der Waals surface area contributed by atoms with Gasteiger partial charge in [0.05, 0.1) is 0 Å². The summed E-state index contributed by atoms with van der Waals surface area (Å²) in [5.41, 5.74) is 0. The first-order chi connectivity index (χ1) is 6.79. The Morgan fingerprint density at radius 1 is 0.500 bits per heavy atom. The topological polar surface area (TPSA) is 0 Å². The van der Waals surface area contributed by atoms with E-state index in [0.29, 0.717) is 0 Å². The fourth-order valence-electron chi connectivity index (χ4n) is 0.309. The molecule has 98 valence electrons. The average molecular weight is 475 g/mol. The van der Waals surface area contributed by atoms with Gasteiger partial charge in [-0.25, -0.2) is 0 Å². The van der Waals surface area contributed by atoms with Gasteiger partial charge in [-0.1, -0.05) is 0 Å². The second kappa shape index (κ2) is 6.00. The molecule has 0 aliphatic heterocycles. The molecule has 0 atom stereocenters. The summed E-state index contributed by atoms with van der Waals surface area (Å²) in [6.07, 6.45) is 0. The molecule has 0 aromatic carbocycles. The fraction of sp³-hybridized carbons (Fsp3) is 1.00. The van der Waals surface area contributed by atoms with Crippen LogP contribution in [0.15, 0.2) is 0 Å². The van der Waals surface area contributed by atoms with Gasteiger partial charge in [0.2, 0.25) is 0 Å². The molecule has 0 saturated heterocycles. The summed E-state index contributed by atoms with van der Waals surface area (Å²) in [5, 5.41) is -14.8. The zero-order valence-corrected chi connectivity index (χ0v) is 12.6. The van der Waals surface area contributed by atoms with E-state index in [1.165, 1.54) is 0 Å². The predicted octanol–water partition coefficient (Wildman–Crippen LogP) is 2.89. The summed E-state index contributed by atoms with van der Waals surface area (Å²) in [7, 11) is 0. The molecule has 13 heteroatoms. The first kappa shape index (κ1) is 17.4. The first-order valence-corrected chi connectivity index (χ1v) is 13.4. The molecule has 0 aromatic rings. The maximum atomic E-state index is 11.8. The summed E-state index contributed by atoms with van der Waals surface area (Å²) in [4.78, 5) is 0. The molecule has 0 unspecified atom stereocenters. The van der Waals surface area contributed by atoms with E-state index in [1.54, 1.807) is 0 Å². The summed E-state index contributed by atoms with van der Waals surface area (Å²) >= 11 is -7.73. The van der Waals surface area contributed by atoms with E-state index in [1.807, 2.05) is 0 Å². The molecule has 0 aliphatic rings. The molecule has 0 spiro atoms. The molecule has 0 rings (SSSR count). The zero-order valence-electron chi connectivity index (χ0n) is 6.57. The van der Waals surface area contributed by atoms with Crippen molar-refractivity contribution in [2.24, 2.45) is 0 Å². The molecular weight excluding hydrogens is 475 g/mol. The van der Waals surface area contributed by atoms with Crippen molar-refractivity contribution in [3.05, 3.63) is 0 Å². The molecule has 0 amide bonds.